The zero-order valence-corrected chi connectivity index (χ0v) is 13.8. The van der Waals surface area contributed by atoms with E-state index in [0.29, 0.717) is 0 Å². The third kappa shape index (κ3) is 3.11. The molecule has 3 heterocycles. The Labute approximate surface area is 143 Å². The smallest absolute Gasteiger partial charge is 0.323 e. The number of carbonyl (C=O) groups excluding carboxylic acids is 1. The number of hydrogen-bond donors (Lipinski definition) is 3. The highest BCUT2D eigenvalue weighted by Crippen LogP contribution is 2.31. The highest BCUT2D eigenvalue weighted by Gasteiger charge is 2.20. The maximum absolute atomic E-state index is 12.1. The van der Waals surface area contributed by atoms with E-state index in [1.54, 1.807) is 17.7 Å². The number of amides is 2. The zero-order chi connectivity index (χ0) is 16.4. The van der Waals surface area contributed by atoms with Crippen molar-refractivity contribution in [1.82, 2.24) is 9.97 Å². The number of thiophene rings is 1. The number of benzene rings is 1. The number of fused-ring (bicyclic) bond motifs is 1. The molecule has 1 aliphatic heterocycles. The van der Waals surface area contributed by atoms with Crippen molar-refractivity contribution in [3.05, 3.63) is 58.8 Å². The average Bonchev–Trinajstić information content (AvgIpc) is 3.31. The fourth-order valence-electron chi connectivity index (χ4n) is 2.89. The Hall–Kier alpha value is -2.80. The van der Waals surface area contributed by atoms with E-state index < -0.39 is 0 Å². The van der Waals surface area contributed by atoms with Crippen LogP contribution in [0.15, 0.2) is 47.5 Å². The minimum absolute atomic E-state index is 0.230. The summed E-state index contributed by atoms with van der Waals surface area (Å²) in [4.78, 5) is 21.6. The molecule has 3 aromatic rings. The number of carbonyl (C=O) groups is 1. The van der Waals surface area contributed by atoms with Crippen molar-refractivity contribution < 1.29 is 4.79 Å². The molecular weight excluding hydrogens is 322 g/mol. The minimum atomic E-state index is -0.230. The Balaban J connectivity index is 1.47. The van der Waals surface area contributed by atoms with Gasteiger partial charge in [0.15, 0.2) is 0 Å². The number of anilines is 3. The monoisotopic (exact) mass is 339 g/mol. The average molecular weight is 339 g/mol. The molecule has 0 spiro atoms. The number of aromatic amines is 1. The number of hydrogen-bond acceptors (Lipinski definition) is 4. The quantitative estimate of drug-likeness (QED) is 0.679. The van der Waals surface area contributed by atoms with Crippen molar-refractivity contribution in [3.8, 4) is 0 Å². The summed E-state index contributed by atoms with van der Waals surface area (Å²) in [7, 11) is 0. The van der Waals surface area contributed by atoms with Gasteiger partial charge in [0.1, 0.15) is 0 Å². The predicted molar refractivity (Wildman–Crippen MR) is 96.7 cm³/mol. The first kappa shape index (κ1) is 14.8. The largest absolute Gasteiger partial charge is 0.365 e. The van der Waals surface area contributed by atoms with Gasteiger partial charge in [-0.1, -0.05) is 6.07 Å². The van der Waals surface area contributed by atoms with Gasteiger partial charge in [-0.05, 0) is 35.6 Å². The second-order valence-corrected chi connectivity index (χ2v) is 6.46. The number of urea groups is 1. The van der Waals surface area contributed by atoms with E-state index >= 15 is 0 Å². The lowest BCUT2D eigenvalue weighted by atomic mass is 10.1. The molecule has 0 unspecified atom stereocenters. The molecule has 0 saturated carbocycles. The van der Waals surface area contributed by atoms with Crippen LogP contribution in [-0.2, 0) is 13.0 Å². The van der Waals surface area contributed by atoms with Gasteiger partial charge in [-0.2, -0.15) is 11.3 Å². The number of nitrogens with zero attached hydrogens (tertiary/aromatic N) is 2. The zero-order valence-electron chi connectivity index (χ0n) is 13.0. The fourth-order valence-corrected chi connectivity index (χ4v) is 3.48. The summed E-state index contributed by atoms with van der Waals surface area (Å²) >= 11 is 1.55. The summed E-state index contributed by atoms with van der Waals surface area (Å²) in [5.41, 5.74) is 5.14. The molecule has 24 heavy (non-hydrogen) atoms. The van der Waals surface area contributed by atoms with Crippen molar-refractivity contribution in [2.24, 2.45) is 0 Å². The van der Waals surface area contributed by atoms with Gasteiger partial charge >= 0.3 is 6.03 Å². The van der Waals surface area contributed by atoms with Crippen LogP contribution in [0.25, 0.3) is 0 Å². The summed E-state index contributed by atoms with van der Waals surface area (Å²) in [6.45, 7) is 1.76. The van der Waals surface area contributed by atoms with Gasteiger partial charge in [0.25, 0.3) is 0 Å². The molecule has 0 fully saturated rings. The Morgan fingerprint density at radius 3 is 3.00 bits per heavy atom. The lowest BCUT2D eigenvalue weighted by Crippen LogP contribution is -2.21. The summed E-state index contributed by atoms with van der Waals surface area (Å²) in [5, 5.41) is 9.54. The van der Waals surface area contributed by atoms with Crippen LogP contribution < -0.4 is 15.5 Å². The van der Waals surface area contributed by atoms with Gasteiger partial charge in [-0.15, -0.1) is 0 Å². The van der Waals surface area contributed by atoms with E-state index in [1.807, 2.05) is 35.2 Å². The van der Waals surface area contributed by atoms with Crippen LogP contribution in [0.1, 0.15) is 11.3 Å². The lowest BCUT2D eigenvalue weighted by molar-refractivity contribution is 0.262. The molecular formula is C17H17N5OS. The normalized spacial score (nSPS) is 12.9. The van der Waals surface area contributed by atoms with Crippen LogP contribution in [0.3, 0.4) is 0 Å². The molecule has 122 valence electrons. The first-order valence-electron chi connectivity index (χ1n) is 7.73. The van der Waals surface area contributed by atoms with Gasteiger partial charge in [0.05, 0.1) is 24.3 Å². The van der Waals surface area contributed by atoms with E-state index in [4.69, 9.17) is 0 Å². The Bertz CT molecular complexity index is 829. The molecule has 2 amide bonds. The molecule has 1 aromatic carbocycles. The number of nitrogens with one attached hydrogen (secondary N) is 3. The number of imidazole rings is 1. The summed E-state index contributed by atoms with van der Waals surface area (Å²) in [6.07, 6.45) is 4.55. The van der Waals surface area contributed by atoms with Crippen LogP contribution in [0.5, 0.6) is 0 Å². The first-order chi connectivity index (χ1) is 11.8. The van der Waals surface area contributed by atoms with Crippen molar-refractivity contribution in [2.75, 3.05) is 22.1 Å². The third-order valence-electron chi connectivity index (χ3n) is 4.03. The topological polar surface area (TPSA) is 73.1 Å². The second kappa shape index (κ2) is 6.37. The fraction of sp³-hybridized carbons (Fsp3) is 0.176. The minimum Gasteiger partial charge on any atom is -0.365 e. The van der Waals surface area contributed by atoms with Gasteiger partial charge in [0.2, 0.25) is 0 Å². The SMILES string of the molecule is O=C(Nc1ccsc1)Nc1ccc2c(c1)N(Cc1cnc[nH]1)CC2. The molecule has 0 saturated heterocycles. The number of aromatic nitrogens is 2. The Morgan fingerprint density at radius 2 is 2.21 bits per heavy atom. The van der Waals surface area contributed by atoms with Gasteiger partial charge in [-0.3, -0.25) is 0 Å². The van der Waals surface area contributed by atoms with Gasteiger partial charge < -0.3 is 20.5 Å². The van der Waals surface area contributed by atoms with Crippen LogP contribution in [0, 0.1) is 0 Å². The summed E-state index contributed by atoms with van der Waals surface area (Å²) in [5.74, 6) is 0. The molecule has 0 radical (unpaired) electrons. The van der Waals surface area contributed by atoms with E-state index in [0.717, 1.165) is 42.3 Å². The summed E-state index contributed by atoms with van der Waals surface area (Å²) in [6, 6.07) is 7.71. The Kier molecular flexibility index (Phi) is 3.92. The highest BCUT2D eigenvalue weighted by molar-refractivity contribution is 7.08. The van der Waals surface area contributed by atoms with E-state index in [1.165, 1.54) is 5.56 Å². The molecule has 4 rings (SSSR count). The predicted octanol–water partition coefficient (Wildman–Crippen LogP) is 3.68. The van der Waals surface area contributed by atoms with Crippen LogP contribution in [-0.4, -0.2) is 22.5 Å². The Morgan fingerprint density at radius 1 is 1.29 bits per heavy atom. The molecule has 6 nitrogen and oxygen atoms in total. The van der Waals surface area contributed by atoms with Crippen molar-refractivity contribution in [2.45, 2.75) is 13.0 Å². The van der Waals surface area contributed by atoms with Crippen molar-refractivity contribution in [3.63, 3.8) is 0 Å². The molecule has 3 N–H and O–H groups in total. The first-order valence-corrected chi connectivity index (χ1v) is 8.67. The van der Waals surface area contributed by atoms with Gasteiger partial charge in [0, 0.05) is 29.5 Å². The standard InChI is InChI=1S/C17H17N5OS/c23-17(21-14-4-6-24-10-14)20-13-2-1-12-3-5-22(16(12)7-13)9-15-8-18-11-19-15/h1-2,4,6-8,10-11H,3,5,9H2,(H,18,19)(H2,20,21,23). The molecule has 0 bridgehead atoms. The van der Waals surface area contributed by atoms with E-state index in [-0.39, 0.29) is 6.03 Å². The summed E-state index contributed by atoms with van der Waals surface area (Å²) < 4.78 is 0. The van der Waals surface area contributed by atoms with Crippen LogP contribution in [0.4, 0.5) is 21.9 Å². The maximum Gasteiger partial charge on any atom is 0.323 e. The van der Waals surface area contributed by atoms with E-state index in [9.17, 15) is 4.79 Å². The highest BCUT2D eigenvalue weighted by atomic mass is 32.1. The lowest BCUT2D eigenvalue weighted by Gasteiger charge is -2.19. The molecule has 2 aromatic heterocycles. The number of H-pyrrole nitrogens is 1. The molecule has 0 atom stereocenters. The van der Waals surface area contributed by atoms with Crippen molar-refractivity contribution in [1.29, 1.82) is 0 Å². The van der Waals surface area contributed by atoms with E-state index in [2.05, 4.69) is 31.6 Å². The second-order valence-electron chi connectivity index (χ2n) is 5.68. The van der Waals surface area contributed by atoms with Crippen molar-refractivity contribution >= 4 is 34.4 Å². The maximum atomic E-state index is 12.1. The third-order valence-corrected chi connectivity index (χ3v) is 4.71. The number of rotatable bonds is 4. The molecule has 1 aliphatic rings. The molecule has 0 aliphatic carbocycles. The van der Waals surface area contributed by atoms with Gasteiger partial charge in [-0.25, -0.2) is 9.78 Å². The molecule has 7 heteroatoms. The van der Waals surface area contributed by atoms with Crippen LogP contribution >= 0.6 is 11.3 Å². The van der Waals surface area contributed by atoms with Crippen LogP contribution in [0.2, 0.25) is 0 Å².